The number of hydrogen-bond donors (Lipinski definition) is 3. The van der Waals surface area contributed by atoms with Gasteiger partial charge in [-0.1, -0.05) is 26.8 Å². The average molecular weight is 510 g/mol. The van der Waals surface area contributed by atoms with Crippen molar-refractivity contribution in [2.75, 3.05) is 26.3 Å². The molecule has 0 bridgehead atoms. The number of nitrogens with zero attached hydrogens (tertiary/aromatic N) is 1. The van der Waals surface area contributed by atoms with Crippen LogP contribution in [0.15, 0.2) is 12.7 Å². The Hall–Kier alpha value is -1.36. The number of carbonyl (C=O) groups is 2. The molecule has 4 rings (SSSR count). The second-order valence-electron chi connectivity index (χ2n) is 12.5. The molecule has 2 heterocycles. The van der Waals surface area contributed by atoms with E-state index in [4.69, 9.17) is 14.2 Å². The molecule has 9 nitrogen and oxygen atoms in total. The summed E-state index contributed by atoms with van der Waals surface area (Å²) in [5, 5.41) is 35.7. The Morgan fingerprint density at radius 2 is 1.81 bits per heavy atom. The number of esters is 1. The van der Waals surface area contributed by atoms with Crippen LogP contribution in [0.25, 0.3) is 0 Å². The number of hydrogen-bond acceptors (Lipinski definition) is 9. The zero-order valence-electron chi connectivity index (χ0n) is 22.5. The van der Waals surface area contributed by atoms with Crippen LogP contribution in [0.4, 0.5) is 0 Å². The van der Waals surface area contributed by atoms with Gasteiger partial charge in [-0.05, 0) is 39.0 Å². The number of rotatable bonds is 4. The molecule has 9 atom stereocenters. The molecule has 2 aliphatic carbocycles. The number of aliphatic hydroxyl groups is 3. The molecule has 2 saturated carbocycles. The van der Waals surface area contributed by atoms with E-state index in [0.717, 1.165) is 0 Å². The Balaban J connectivity index is 1.82. The normalized spacial score (nSPS) is 47.9. The largest absolute Gasteiger partial charge is 0.458 e. The summed E-state index contributed by atoms with van der Waals surface area (Å²) in [5.74, 6) is -1.75. The van der Waals surface area contributed by atoms with Gasteiger partial charge in [-0.3, -0.25) is 14.5 Å². The van der Waals surface area contributed by atoms with Crippen molar-refractivity contribution in [3.8, 4) is 0 Å². The van der Waals surface area contributed by atoms with Crippen molar-refractivity contribution in [3.05, 3.63) is 12.7 Å². The third-order valence-corrected chi connectivity index (χ3v) is 9.92. The predicted molar refractivity (Wildman–Crippen MR) is 131 cm³/mol. The van der Waals surface area contributed by atoms with Crippen molar-refractivity contribution in [1.29, 1.82) is 0 Å². The fraction of sp³-hybridized carbons (Fsp3) is 0.852. The summed E-state index contributed by atoms with van der Waals surface area (Å²) in [4.78, 5) is 29.2. The first kappa shape index (κ1) is 27.7. The second kappa shape index (κ2) is 8.85. The monoisotopic (exact) mass is 509 g/mol. The van der Waals surface area contributed by atoms with E-state index in [1.807, 2.05) is 18.7 Å². The molecule has 1 unspecified atom stereocenters. The lowest BCUT2D eigenvalue weighted by atomic mass is 9.40. The molecule has 0 amide bonds. The van der Waals surface area contributed by atoms with E-state index >= 15 is 0 Å². The minimum atomic E-state index is -2.22. The number of morpholine rings is 1. The number of carbonyl (C=O) groups excluding carboxylic acids is 2. The minimum Gasteiger partial charge on any atom is -0.458 e. The summed E-state index contributed by atoms with van der Waals surface area (Å²) in [6, 6.07) is -0.579. The van der Waals surface area contributed by atoms with Crippen LogP contribution < -0.4 is 0 Å². The molecule has 0 aromatic carbocycles. The van der Waals surface area contributed by atoms with Crippen LogP contribution >= 0.6 is 0 Å². The lowest BCUT2D eigenvalue weighted by molar-refractivity contribution is -0.370. The van der Waals surface area contributed by atoms with E-state index in [-0.39, 0.29) is 6.42 Å². The van der Waals surface area contributed by atoms with Gasteiger partial charge in [0.1, 0.15) is 23.9 Å². The number of Topliss-reactive ketones (excluding diaryl/α,β-unsaturated/α-hetero) is 1. The summed E-state index contributed by atoms with van der Waals surface area (Å²) in [6.07, 6.45) is -1.48. The van der Waals surface area contributed by atoms with Crippen molar-refractivity contribution in [2.45, 2.75) is 102 Å². The van der Waals surface area contributed by atoms with Gasteiger partial charge >= 0.3 is 5.97 Å². The Morgan fingerprint density at radius 3 is 2.39 bits per heavy atom. The lowest BCUT2D eigenvalue weighted by Crippen LogP contribution is -2.86. The van der Waals surface area contributed by atoms with Crippen LogP contribution in [0.3, 0.4) is 0 Å². The molecular weight excluding hydrogens is 466 g/mol. The Morgan fingerprint density at radius 1 is 1.19 bits per heavy atom. The minimum absolute atomic E-state index is 0.150. The SMILES string of the molecule is C=C[C@@]1(C)CC(=O)[C@]2(O)[C@@]3(C)[C@@H](O)CCC(C)(C)[C@@H]3[C@H](OC(=O)C(C)N3CCOCC3)[C@H](O)[C@@]2(C)O1. The summed E-state index contributed by atoms with van der Waals surface area (Å²) in [5.41, 5.74) is -7.25. The molecule has 2 aliphatic heterocycles. The maximum atomic E-state index is 13.8. The first-order chi connectivity index (χ1) is 16.6. The summed E-state index contributed by atoms with van der Waals surface area (Å²) in [7, 11) is 0. The van der Waals surface area contributed by atoms with Crippen LogP contribution in [0.1, 0.15) is 60.8 Å². The molecule has 4 fully saturated rings. The van der Waals surface area contributed by atoms with E-state index in [9.17, 15) is 24.9 Å². The summed E-state index contributed by atoms with van der Waals surface area (Å²) < 4.78 is 17.9. The third-order valence-electron chi connectivity index (χ3n) is 9.92. The quantitative estimate of drug-likeness (QED) is 0.379. The highest BCUT2D eigenvalue weighted by Crippen LogP contribution is 2.67. The molecular formula is C27H43NO8. The van der Waals surface area contributed by atoms with Crippen molar-refractivity contribution in [3.63, 3.8) is 0 Å². The van der Waals surface area contributed by atoms with Crippen molar-refractivity contribution in [1.82, 2.24) is 4.90 Å². The summed E-state index contributed by atoms with van der Waals surface area (Å²) in [6.45, 7) is 16.5. The second-order valence-corrected chi connectivity index (χ2v) is 12.5. The number of aliphatic hydroxyl groups excluding tert-OH is 2. The van der Waals surface area contributed by atoms with E-state index in [1.165, 1.54) is 13.0 Å². The highest BCUT2D eigenvalue weighted by Gasteiger charge is 2.81. The van der Waals surface area contributed by atoms with Crippen LogP contribution in [-0.2, 0) is 23.8 Å². The molecule has 0 spiro atoms. The third kappa shape index (κ3) is 3.65. The fourth-order valence-corrected chi connectivity index (χ4v) is 7.75. The Bertz CT molecular complexity index is 917. The molecule has 36 heavy (non-hydrogen) atoms. The molecule has 0 aromatic heterocycles. The zero-order valence-corrected chi connectivity index (χ0v) is 22.5. The molecule has 204 valence electrons. The molecule has 4 aliphatic rings. The van der Waals surface area contributed by atoms with Crippen molar-refractivity contribution < 1.29 is 39.1 Å². The van der Waals surface area contributed by atoms with Gasteiger partial charge in [-0.2, -0.15) is 0 Å². The lowest BCUT2D eigenvalue weighted by Gasteiger charge is -2.71. The molecule has 9 heteroatoms. The van der Waals surface area contributed by atoms with Crippen molar-refractivity contribution in [2.24, 2.45) is 16.7 Å². The topological polar surface area (TPSA) is 126 Å². The number of fused-ring (bicyclic) bond motifs is 3. The standard InChI is InChI=1S/C27H43NO8/c1-8-24(5)15-18(30)27(33)25(6)17(29)9-10-23(3,4)20(25)19(21(31)26(27,7)36-24)35-22(32)16(2)28-11-13-34-14-12-28/h8,16-17,19-21,29,31,33H,1,9-15H2,2-7H3/t16?,17-,19-,20-,21-,24-,25-,26+,27-/m0/s1. The molecule has 3 N–H and O–H groups in total. The Kier molecular flexibility index (Phi) is 6.80. The van der Waals surface area contributed by atoms with Gasteiger partial charge < -0.3 is 29.5 Å². The summed E-state index contributed by atoms with van der Waals surface area (Å²) >= 11 is 0. The first-order valence-corrected chi connectivity index (χ1v) is 13.1. The molecule has 2 saturated heterocycles. The maximum absolute atomic E-state index is 13.8. The molecule has 0 aromatic rings. The predicted octanol–water partition coefficient (Wildman–Crippen LogP) is 1.22. The van der Waals surface area contributed by atoms with E-state index < -0.39 is 69.7 Å². The highest BCUT2D eigenvalue weighted by molar-refractivity contribution is 5.92. The fourth-order valence-electron chi connectivity index (χ4n) is 7.75. The van der Waals surface area contributed by atoms with Gasteiger partial charge in [0.15, 0.2) is 11.4 Å². The average Bonchev–Trinajstić information content (AvgIpc) is 2.83. The first-order valence-electron chi connectivity index (χ1n) is 13.1. The smallest absolute Gasteiger partial charge is 0.323 e. The number of ketones is 1. The van der Waals surface area contributed by atoms with Crippen LogP contribution in [0.2, 0.25) is 0 Å². The van der Waals surface area contributed by atoms with Gasteiger partial charge in [-0.15, -0.1) is 6.58 Å². The van der Waals surface area contributed by atoms with Gasteiger partial charge in [0.05, 0.1) is 24.9 Å². The maximum Gasteiger partial charge on any atom is 0.323 e. The highest BCUT2D eigenvalue weighted by atomic mass is 16.6. The van der Waals surface area contributed by atoms with Crippen LogP contribution in [0.5, 0.6) is 0 Å². The number of ether oxygens (including phenoxy) is 3. The van der Waals surface area contributed by atoms with E-state index in [0.29, 0.717) is 39.1 Å². The van der Waals surface area contributed by atoms with Gasteiger partial charge in [0, 0.05) is 30.8 Å². The van der Waals surface area contributed by atoms with Crippen LogP contribution in [0, 0.1) is 16.7 Å². The van der Waals surface area contributed by atoms with E-state index in [1.54, 1.807) is 20.8 Å². The van der Waals surface area contributed by atoms with Crippen molar-refractivity contribution >= 4 is 11.8 Å². The Labute approximate surface area is 213 Å². The van der Waals surface area contributed by atoms with Gasteiger partial charge in [-0.25, -0.2) is 0 Å². The van der Waals surface area contributed by atoms with Gasteiger partial charge in [0.2, 0.25) is 0 Å². The van der Waals surface area contributed by atoms with Crippen LogP contribution in [-0.4, -0.2) is 99.4 Å². The van der Waals surface area contributed by atoms with E-state index in [2.05, 4.69) is 6.58 Å². The zero-order chi connectivity index (χ0) is 26.9. The molecule has 0 radical (unpaired) electrons. The van der Waals surface area contributed by atoms with Gasteiger partial charge in [0.25, 0.3) is 0 Å².